The number of halogens is 1. The van der Waals surface area contributed by atoms with Crippen molar-refractivity contribution < 1.29 is 9.47 Å². The molecule has 2 nitrogen and oxygen atoms in total. The van der Waals surface area contributed by atoms with Gasteiger partial charge in [0.1, 0.15) is 0 Å². The monoisotopic (exact) mass is 318 g/mol. The van der Waals surface area contributed by atoms with Gasteiger partial charge in [-0.1, -0.05) is 52.9 Å². The topological polar surface area (TPSA) is 18.5 Å². The Morgan fingerprint density at radius 1 is 1.33 bits per heavy atom. The highest BCUT2D eigenvalue weighted by Gasteiger charge is 2.27. The number of rotatable bonds is 4. The summed E-state index contributed by atoms with van der Waals surface area (Å²) >= 11 is 2.35. The molecule has 0 aliphatic carbocycles. The van der Waals surface area contributed by atoms with E-state index in [-0.39, 0.29) is 12.2 Å². The van der Waals surface area contributed by atoms with Crippen LogP contribution in [0, 0.1) is 0 Å². The van der Waals surface area contributed by atoms with Crippen LogP contribution < -0.4 is 0 Å². The highest BCUT2D eigenvalue weighted by Crippen LogP contribution is 2.20. The molecule has 2 rings (SSSR count). The average Bonchev–Trinajstić information content (AvgIpc) is 2.75. The van der Waals surface area contributed by atoms with Crippen LogP contribution in [0.1, 0.15) is 12.0 Å². The molecule has 1 aliphatic rings. The van der Waals surface area contributed by atoms with Crippen molar-refractivity contribution in [2.45, 2.75) is 25.2 Å². The van der Waals surface area contributed by atoms with Crippen LogP contribution >= 0.6 is 22.6 Å². The molecule has 1 heterocycles. The summed E-state index contributed by atoms with van der Waals surface area (Å²) in [5.74, 6) is 0. The Morgan fingerprint density at radius 2 is 2.13 bits per heavy atom. The normalized spacial score (nSPS) is 25.7. The zero-order valence-corrected chi connectivity index (χ0v) is 10.7. The third-order valence-electron chi connectivity index (χ3n) is 2.61. The highest BCUT2D eigenvalue weighted by atomic mass is 127. The van der Waals surface area contributed by atoms with Gasteiger partial charge in [-0.3, -0.25) is 0 Å². The molecular weight excluding hydrogens is 303 g/mol. The number of alkyl halides is 1. The predicted octanol–water partition coefficient (Wildman–Crippen LogP) is 2.80. The molecule has 1 aliphatic heterocycles. The van der Waals surface area contributed by atoms with Crippen molar-refractivity contribution in [1.82, 2.24) is 0 Å². The maximum absolute atomic E-state index is 5.86. The van der Waals surface area contributed by atoms with E-state index in [0.29, 0.717) is 6.61 Å². The summed E-state index contributed by atoms with van der Waals surface area (Å²) in [7, 11) is 0. The lowest BCUT2D eigenvalue weighted by Gasteiger charge is -2.16. The van der Waals surface area contributed by atoms with Crippen LogP contribution in [0.2, 0.25) is 0 Å². The Hall–Kier alpha value is -0.130. The Labute approximate surface area is 104 Å². The van der Waals surface area contributed by atoms with Crippen molar-refractivity contribution in [3.8, 4) is 0 Å². The van der Waals surface area contributed by atoms with Crippen LogP contribution in [-0.2, 0) is 16.1 Å². The van der Waals surface area contributed by atoms with E-state index in [1.807, 2.05) is 18.2 Å². The second kappa shape index (κ2) is 5.82. The average molecular weight is 318 g/mol. The summed E-state index contributed by atoms with van der Waals surface area (Å²) in [6.45, 7) is 1.54. The molecule has 82 valence electrons. The van der Waals surface area contributed by atoms with Crippen LogP contribution in [-0.4, -0.2) is 23.2 Å². The van der Waals surface area contributed by atoms with E-state index in [1.54, 1.807) is 0 Å². The van der Waals surface area contributed by atoms with E-state index in [2.05, 4.69) is 34.7 Å². The zero-order chi connectivity index (χ0) is 10.5. The number of benzene rings is 1. The molecule has 0 spiro atoms. The molecule has 0 radical (unpaired) electrons. The summed E-state index contributed by atoms with van der Waals surface area (Å²) in [6.07, 6.45) is 1.59. The first-order valence-electron chi connectivity index (χ1n) is 5.23. The highest BCUT2D eigenvalue weighted by molar-refractivity contribution is 14.1. The van der Waals surface area contributed by atoms with Gasteiger partial charge in [0.2, 0.25) is 0 Å². The zero-order valence-electron chi connectivity index (χ0n) is 8.56. The third kappa shape index (κ3) is 3.16. The van der Waals surface area contributed by atoms with Crippen molar-refractivity contribution in [3.63, 3.8) is 0 Å². The fourth-order valence-electron chi connectivity index (χ4n) is 1.74. The van der Waals surface area contributed by atoms with Gasteiger partial charge in [-0.25, -0.2) is 0 Å². The molecule has 15 heavy (non-hydrogen) atoms. The lowest BCUT2D eigenvalue weighted by atomic mass is 10.2. The van der Waals surface area contributed by atoms with Crippen molar-refractivity contribution in [3.05, 3.63) is 35.9 Å². The van der Waals surface area contributed by atoms with E-state index in [0.717, 1.165) is 17.5 Å². The van der Waals surface area contributed by atoms with Crippen LogP contribution in [0.4, 0.5) is 0 Å². The number of hydrogen-bond acceptors (Lipinski definition) is 2. The van der Waals surface area contributed by atoms with Gasteiger partial charge in [0.25, 0.3) is 0 Å². The van der Waals surface area contributed by atoms with Crippen molar-refractivity contribution in [2.75, 3.05) is 11.0 Å². The van der Waals surface area contributed by atoms with Crippen LogP contribution in [0.3, 0.4) is 0 Å². The van der Waals surface area contributed by atoms with Gasteiger partial charge >= 0.3 is 0 Å². The van der Waals surface area contributed by atoms with Gasteiger partial charge in [-0.05, 0) is 12.0 Å². The molecule has 0 amide bonds. The van der Waals surface area contributed by atoms with Crippen molar-refractivity contribution in [2.24, 2.45) is 0 Å². The second-order valence-electron chi connectivity index (χ2n) is 3.69. The molecule has 1 aromatic rings. The number of hydrogen-bond donors (Lipinski definition) is 0. The fraction of sp³-hybridized carbons (Fsp3) is 0.500. The first-order chi connectivity index (χ1) is 7.40. The minimum absolute atomic E-state index is 0.280. The summed E-state index contributed by atoms with van der Waals surface area (Å²) in [5.41, 5.74) is 1.23. The Bertz CT molecular complexity index is 289. The second-order valence-corrected chi connectivity index (χ2v) is 4.57. The van der Waals surface area contributed by atoms with E-state index >= 15 is 0 Å². The van der Waals surface area contributed by atoms with Gasteiger partial charge < -0.3 is 9.47 Å². The molecule has 0 bridgehead atoms. The molecule has 0 unspecified atom stereocenters. The molecule has 2 atom stereocenters. The first-order valence-corrected chi connectivity index (χ1v) is 6.76. The molecule has 1 aromatic carbocycles. The summed E-state index contributed by atoms with van der Waals surface area (Å²) in [6, 6.07) is 10.3. The fourth-order valence-corrected chi connectivity index (χ4v) is 2.56. The molecular formula is C12H15IO2. The maximum Gasteiger partial charge on any atom is 0.0926 e. The summed E-state index contributed by atoms with van der Waals surface area (Å²) < 4.78 is 12.4. The van der Waals surface area contributed by atoms with Crippen LogP contribution in [0.15, 0.2) is 30.3 Å². The van der Waals surface area contributed by atoms with Crippen molar-refractivity contribution in [1.29, 1.82) is 0 Å². The minimum atomic E-state index is 0.280. The Balaban J connectivity index is 1.83. The molecule has 0 N–H and O–H groups in total. The van der Waals surface area contributed by atoms with E-state index in [1.165, 1.54) is 5.56 Å². The van der Waals surface area contributed by atoms with E-state index in [9.17, 15) is 0 Å². The van der Waals surface area contributed by atoms with Crippen molar-refractivity contribution >= 4 is 22.6 Å². The third-order valence-corrected chi connectivity index (χ3v) is 3.48. The summed E-state index contributed by atoms with van der Waals surface area (Å²) in [4.78, 5) is 0. The van der Waals surface area contributed by atoms with Gasteiger partial charge in [-0.2, -0.15) is 0 Å². The Morgan fingerprint density at radius 3 is 2.87 bits per heavy atom. The first kappa shape index (κ1) is 11.4. The smallest absolute Gasteiger partial charge is 0.0926 e. The molecule has 3 heteroatoms. The summed E-state index contributed by atoms with van der Waals surface area (Å²) in [5, 5.41) is 0. The molecule has 0 saturated carbocycles. The van der Waals surface area contributed by atoms with Gasteiger partial charge in [-0.15, -0.1) is 0 Å². The van der Waals surface area contributed by atoms with E-state index in [4.69, 9.17) is 9.47 Å². The van der Waals surface area contributed by atoms with Gasteiger partial charge in [0.05, 0.1) is 18.8 Å². The lowest BCUT2D eigenvalue weighted by molar-refractivity contribution is -0.00560. The molecule has 1 saturated heterocycles. The molecule has 1 fully saturated rings. The van der Waals surface area contributed by atoms with Crippen LogP contribution in [0.25, 0.3) is 0 Å². The Kier molecular flexibility index (Phi) is 4.41. The van der Waals surface area contributed by atoms with E-state index < -0.39 is 0 Å². The SMILES string of the molecule is IC[C@@H]1OCC[C@@H]1OCc1ccccc1. The predicted molar refractivity (Wildman–Crippen MR) is 68.3 cm³/mol. The number of ether oxygens (including phenoxy) is 2. The quantitative estimate of drug-likeness (QED) is 0.628. The standard InChI is InChI=1S/C12H15IO2/c13-8-12-11(6-7-14-12)15-9-10-4-2-1-3-5-10/h1-5,11-12H,6-9H2/t11-,12-/m0/s1. The molecule has 0 aromatic heterocycles. The largest absolute Gasteiger partial charge is 0.375 e. The maximum atomic E-state index is 5.86. The minimum Gasteiger partial charge on any atom is -0.375 e. The van der Waals surface area contributed by atoms with Gasteiger partial charge in [0.15, 0.2) is 0 Å². The van der Waals surface area contributed by atoms with Gasteiger partial charge in [0, 0.05) is 11.0 Å². The van der Waals surface area contributed by atoms with Crippen LogP contribution in [0.5, 0.6) is 0 Å². The lowest BCUT2D eigenvalue weighted by Crippen LogP contribution is -2.25.